The van der Waals surface area contributed by atoms with Crippen molar-refractivity contribution in [2.24, 2.45) is 0 Å². The molecule has 1 N–H and O–H groups in total. The van der Waals surface area contributed by atoms with E-state index in [2.05, 4.69) is 17.5 Å². The third kappa shape index (κ3) is 1.68. The average Bonchev–Trinajstić information content (AvgIpc) is 2.05. The first-order valence-corrected chi connectivity index (χ1v) is 3.75. The molecule has 0 heterocycles. The molecule has 0 saturated carbocycles. The van der Waals surface area contributed by atoms with Crippen LogP contribution < -0.4 is 4.72 Å². The lowest BCUT2D eigenvalue weighted by atomic mass is 10.2. The van der Waals surface area contributed by atoms with Crippen LogP contribution >= 0.6 is 12.8 Å². The zero-order chi connectivity index (χ0) is 9.14. The summed E-state index contributed by atoms with van der Waals surface area (Å²) in [4.78, 5) is 10.0. The number of thiol groups is 1. The lowest BCUT2D eigenvalue weighted by Gasteiger charge is -2.00. The average molecular weight is 184 g/mol. The molecule has 0 aromatic heterocycles. The van der Waals surface area contributed by atoms with Crippen molar-refractivity contribution in [1.82, 2.24) is 0 Å². The summed E-state index contributed by atoms with van der Waals surface area (Å²) in [6, 6.07) is 4.86. The molecular formula is C7H8N2O2S. The number of rotatable bonds is 2. The van der Waals surface area contributed by atoms with Crippen LogP contribution in [0.15, 0.2) is 18.2 Å². The van der Waals surface area contributed by atoms with E-state index in [1.807, 2.05) is 0 Å². The van der Waals surface area contributed by atoms with Gasteiger partial charge in [0.25, 0.3) is 5.69 Å². The molecule has 0 aliphatic heterocycles. The molecule has 5 heteroatoms. The number of nitro groups is 1. The van der Waals surface area contributed by atoms with Gasteiger partial charge in [0.05, 0.1) is 10.6 Å². The second-order valence-corrected chi connectivity index (χ2v) is 2.59. The van der Waals surface area contributed by atoms with Crippen molar-refractivity contribution in [3.8, 4) is 0 Å². The Balaban J connectivity index is 3.17. The third-order valence-electron chi connectivity index (χ3n) is 1.53. The molecule has 1 aromatic rings. The summed E-state index contributed by atoms with van der Waals surface area (Å²) in [7, 11) is 0. The highest BCUT2D eigenvalue weighted by atomic mass is 32.1. The van der Waals surface area contributed by atoms with Gasteiger partial charge in [-0.25, -0.2) is 0 Å². The molecule has 0 amide bonds. The Kier molecular flexibility index (Phi) is 2.54. The van der Waals surface area contributed by atoms with E-state index >= 15 is 0 Å². The summed E-state index contributed by atoms with van der Waals surface area (Å²) >= 11 is 3.79. The number of hydrogen-bond donors (Lipinski definition) is 2. The Morgan fingerprint density at radius 2 is 2.25 bits per heavy atom. The minimum Gasteiger partial charge on any atom is -0.332 e. The van der Waals surface area contributed by atoms with Gasteiger partial charge >= 0.3 is 0 Å². The van der Waals surface area contributed by atoms with Gasteiger partial charge in [0.2, 0.25) is 0 Å². The van der Waals surface area contributed by atoms with Crippen molar-refractivity contribution in [1.29, 1.82) is 0 Å². The summed E-state index contributed by atoms with van der Waals surface area (Å²) < 4.78 is 2.54. The van der Waals surface area contributed by atoms with Gasteiger partial charge < -0.3 is 4.72 Å². The minimum atomic E-state index is -0.413. The molecule has 1 aromatic carbocycles. The number of aryl methyl sites for hydroxylation is 1. The normalized spacial score (nSPS) is 9.50. The molecule has 0 radical (unpaired) electrons. The number of hydrogen-bond acceptors (Lipinski definition) is 4. The highest BCUT2D eigenvalue weighted by Gasteiger charge is 2.09. The number of nitrogens with zero attached hydrogens (tertiary/aromatic N) is 1. The molecule has 0 unspecified atom stereocenters. The van der Waals surface area contributed by atoms with E-state index in [1.54, 1.807) is 19.1 Å². The third-order valence-corrected chi connectivity index (χ3v) is 1.79. The molecule has 0 atom stereocenters. The van der Waals surface area contributed by atoms with Gasteiger partial charge in [0.15, 0.2) is 0 Å². The second-order valence-electron chi connectivity index (χ2n) is 2.37. The summed E-state index contributed by atoms with van der Waals surface area (Å²) in [5.41, 5.74) is 1.37. The van der Waals surface area contributed by atoms with Crippen LogP contribution in [0.1, 0.15) is 5.56 Å². The molecule has 0 fully saturated rings. The maximum absolute atomic E-state index is 10.4. The molecule has 1 rings (SSSR count). The maximum atomic E-state index is 10.4. The largest absolute Gasteiger partial charge is 0.332 e. The fourth-order valence-electron chi connectivity index (χ4n) is 0.876. The molecule has 0 aliphatic rings. The zero-order valence-electron chi connectivity index (χ0n) is 6.44. The van der Waals surface area contributed by atoms with E-state index in [1.165, 1.54) is 6.07 Å². The van der Waals surface area contributed by atoms with Gasteiger partial charge in [-0.3, -0.25) is 10.1 Å². The molecular weight excluding hydrogens is 176 g/mol. The lowest BCUT2D eigenvalue weighted by Crippen LogP contribution is -1.92. The molecule has 0 bridgehead atoms. The van der Waals surface area contributed by atoms with Crippen molar-refractivity contribution >= 4 is 24.2 Å². The number of nitrogens with one attached hydrogen (secondary N) is 1. The lowest BCUT2D eigenvalue weighted by molar-refractivity contribution is -0.385. The van der Waals surface area contributed by atoms with Gasteiger partial charge in [0.1, 0.15) is 0 Å². The minimum absolute atomic E-state index is 0.106. The Labute approximate surface area is 75.3 Å². The van der Waals surface area contributed by atoms with Crippen LogP contribution in [-0.4, -0.2) is 4.92 Å². The summed E-state index contributed by atoms with van der Waals surface area (Å²) in [5.74, 6) is 0. The van der Waals surface area contributed by atoms with Crippen molar-refractivity contribution in [3.05, 3.63) is 33.9 Å². The van der Waals surface area contributed by atoms with Crippen LogP contribution in [0, 0.1) is 17.0 Å². The molecule has 0 aliphatic carbocycles. The van der Waals surface area contributed by atoms with Gasteiger partial charge in [-0.05, 0) is 13.0 Å². The zero-order valence-corrected chi connectivity index (χ0v) is 7.34. The van der Waals surface area contributed by atoms with E-state index in [9.17, 15) is 10.1 Å². The Hall–Kier alpha value is -1.23. The maximum Gasteiger partial charge on any atom is 0.274 e. The van der Waals surface area contributed by atoms with Crippen molar-refractivity contribution in [2.45, 2.75) is 6.92 Å². The number of nitro benzene ring substituents is 1. The van der Waals surface area contributed by atoms with Gasteiger partial charge in [0, 0.05) is 11.6 Å². The molecule has 64 valence electrons. The van der Waals surface area contributed by atoms with E-state index in [-0.39, 0.29) is 5.69 Å². The van der Waals surface area contributed by atoms with Crippen LogP contribution in [-0.2, 0) is 0 Å². The summed E-state index contributed by atoms with van der Waals surface area (Å²) in [6.07, 6.45) is 0. The number of benzene rings is 1. The van der Waals surface area contributed by atoms with E-state index < -0.39 is 4.92 Å². The highest BCUT2D eigenvalue weighted by Crippen LogP contribution is 2.22. The van der Waals surface area contributed by atoms with Crippen molar-refractivity contribution in [2.75, 3.05) is 4.72 Å². The van der Waals surface area contributed by atoms with E-state index in [4.69, 9.17) is 0 Å². The second kappa shape index (κ2) is 3.44. The monoisotopic (exact) mass is 184 g/mol. The van der Waals surface area contributed by atoms with Crippen LogP contribution in [0.2, 0.25) is 0 Å². The molecule has 0 saturated heterocycles. The van der Waals surface area contributed by atoms with Crippen LogP contribution in [0.25, 0.3) is 0 Å². The smallest absolute Gasteiger partial charge is 0.274 e. The van der Waals surface area contributed by atoms with E-state index in [0.29, 0.717) is 11.3 Å². The topological polar surface area (TPSA) is 55.2 Å². The quantitative estimate of drug-likeness (QED) is 0.420. The Bertz CT molecular complexity index is 314. The van der Waals surface area contributed by atoms with Crippen molar-refractivity contribution in [3.63, 3.8) is 0 Å². The molecule has 4 nitrogen and oxygen atoms in total. The fraction of sp³-hybridized carbons (Fsp3) is 0.143. The number of anilines is 1. The Morgan fingerprint density at radius 3 is 2.75 bits per heavy atom. The van der Waals surface area contributed by atoms with Gasteiger partial charge in [-0.1, -0.05) is 18.9 Å². The first kappa shape index (κ1) is 8.86. The van der Waals surface area contributed by atoms with Crippen LogP contribution in [0.3, 0.4) is 0 Å². The first-order valence-electron chi connectivity index (χ1n) is 3.30. The van der Waals surface area contributed by atoms with E-state index in [0.717, 1.165) is 0 Å². The van der Waals surface area contributed by atoms with Crippen LogP contribution in [0.4, 0.5) is 11.4 Å². The van der Waals surface area contributed by atoms with Crippen LogP contribution in [0.5, 0.6) is 0 Å². The molecule has 0 spiro atoms. The predicted molar refractivity (Wildman–Crippen MR) is 50.4 cm³/mol. The van der Waals surface area contributed by atoms with Crippen molar-refractivity contribution < 1.29 is 4.92 Å². The summed E-state index contributed by atoms with van der Waals surface area (Å²) in [6.45, 7) is 1.69. The SMILES string of the molecule is Cc1ccc(NS)cc1[N+](=O)[O-]. The Morgan fingerprint density at radius 1 is 1.58 bits per heavy atom. The fourth-order valence-corrected chi connectivity index (χ4v) is 1.01. The van der Waals surface area contributed by atoms with Gasteiger partial charge in [-0.15, -0.1) is 0 Å². The first-order chi connectivity index (χ1) is 5.65. The standard InChI is InChI=1S/C7H8N2O2S/c1-5-2-3-6(8-12)4-7(5)9(10)11/h2-4,8,12H,1H3. The predicted octanol–water partition coefficient (Wildman–Crippen LogP) is 2.16. The van der Waals surface area contributed by atoms with Gasteiger partial charge in [-0.2, -0.15) is 0 Å². The highest BCUT2D eigenvalue weighted by molar-refractivity contribution is 7.81. The molecule has 12 heavy (non-hydrogen) atoms. The summed E-state index contributed by atoms with van der Waals surface area (Å²) in [5, 5.41) is 10.4.